The van der Waals surface area contributed by atoms with Gasteiger partial charge in [0.2, 0.25) is 5.91 Å². The molecule has 0 saturated carbocycles. The molecular weight excluding hydrogens is 226 g/mol. The Bertz CT molecular complexity index is 440. The van der Waals surface area contributed by atoms with Gasteiger partial charge in [0.25, 0.3) is 0 Å². The lowest BCUT2D eigenvalue weighted by Crippen LogP contribution is -2.55. The number of nitrogens with zero attached hydrogens (tertiary/aromatic N) is 2. The van der Waals surface area contributed by atoms with E-state index < -0.39 is 5.54 Å². The van der Waals surface area contributed by atoms with Gasteiger partial charge >= 0.3 is 0 Å². The summed E-state index contributed by atoms with van der Waals surface area (Å²) in [6.45, 7) is 5.31. The van der Waals surface area contributed by atoms with E-state index >= 15 is 0 Å². The number of amides is 1. The van der Waals surface area contributed by atoms with Crippen molar-refractivity contribution >= 4 is 5.91 Å². The molecule has 1 aliphatic heterocycles. The van der Waals surface area contributed by atoms with Crippen LogP contribution >= 0.6 is 0 Å². The van der Waals surface area contributed by atoms with Crippen molar-refractivity contribution in [1.29, 1.82) is 0 Å². The number of pyridine rings is 1. The molecule has 0 aromatic carbocycles. The fraction of sp³-hybridized carbons (Fsp3) is 0.571. The Morgan fingerprint density at radius 1 is 1.50 bits per heavy atom. The Balaban J connectivity index is 2.16. The molecule has 18 heavy (non-hydrogen) atoms. The molecule has 0 saturated heterocycles. The quantitative estimate of drug-likeness (QED) is 0.880. The van der Waals surface area contributed by atoms with Gasteiger partial charge in [-0.2, -0.15) is 0 Å². The molecule has 0 bridgehead atoms. The first-order valence-corrected chi connectivity index (χ1v) is 6.61. The smallest absolute Gasteiger partial charge is 0.242 e. The van der Waals surface area contributed by atoms with E-state index in [9.17, 15) is 4.79 Å². The maximum Gasteiger partial charge on any atom is 0.242 e. The van der Waals surface area contributed by atoms with Crippen molar-refractivity contribution in [3.05, 3.63) is 29.6 Å². The predicted octanol–water partition coefficient (Wildman–Crippen LogP) is 1.48. The lowest BCUT2D eigenvalue weighted by atomic mass is 9.91. The zero-order valence-electron chi connectivity index (χ0n) is 11.1. The largest absolute Gasteiger partial charge is 0.336 e. The number of aromatic nitrogens is 1. The standard InChI is InChI=1S/C14H21N3O/c1-3-14(15,4-2)13(18)17-9-7-12-11(10-17)6-5-8-16-12/h5-6,8H,3-4,7,9-10,15H2,1-2H3. The minimum atomic E-state index is -0.709. The van der Waals surface area contributed by atoms with Gasteiger partial charge in [0.15, 0.2) is 0 Å². The van der Waals surface area contributed by atoms with Crippen LogP contribution in [0, 0.1) is 0 Å². The molecule has 0 unspecified atom stereocenters. The van der Waals surface area contributed by atoms with E-state index in [1.165, 1.54) is 0 Å². The summed E-state index contributed by atoms with van der Waals surface area (Å²) in [5.41, 5.74) is 7.73. The fourth-order valence-electron chi connectivity index (χ4n) is 2.41. The summed E-state index contributed by atoms with van der Waals surface area (Å²) >= 11 is 0. The lowest BCUT2D eigenvalue weighted by Gasteiger charge is -2.35. The van der Waals surface area contributed by atoms with Crippen LogP contribution in [-0.2, 0) is 17.8 Å². The van der Waals surface area contributed by atoms with Crippen LogP contribution in [0.25, 0.3) is 0 Å². The van der Waals surface area contributed by atoms with Gasteiger partial charge in [-0.25, -0.2) is 0 Å². The van der Waals surface area contributed by atoms with Gasteiger partial charge in [0, 0.05) is 31.4 Å². The third-order valence-corrected chi connectivity index (χ3v) is 3.94. The van der Waals surface area contributed by atoms with E-state index in [1.807, 2.05) is 37.1 Å². The minimum Gasteiger partial charge on any atom is -0.336 e. The number of rotatable bonds is 3. The van der Waals surface area contributed by atoms with Crippen molar-refractivity contribution in [3.8, 4) is 0 Å². The zero-order valence-corrected chi connectivity index (χ0v) is 11.1. The summed E-state index contributed by atoms with van der Waals surface area (Å²) in [6, 6.07) is 3.96. The second-order valence-corrected chi connectivity index (χ2v) is 4.95. The second kappa shape index (κ2) is 5.06. The van der Waals surface area contributed by atoms with Crippen LogP contribution in [0.15, 0.2) is 18.3 Å². The van der Waals surface area contributed by atoms with Gasteiger partial charge in [-0.05, 0) is 24.5 Å². The van der Waals surface area contributed by atoms with E-state index in [0.717, 1.165) is 24.2 Å². The van der Waals surface area contributed by atoms with E-state index in [-0.39, 0.29) is 5.91 Å². The van der Waals surface area contributed by atoms with Gasteiger partial charge < -0.3 is 10.6 Å². The minimum absolute atomic E-state index is 0.0713. The third kappa shape index (κ3) is 2.25. The average Bonchev–Trinajstić information content (AvgIpc) is 2.45. The molecule has 1 aromatic rings. The fourth-order valence-corrected chi connectivity index (χ4v) is 2.41. The topological polar surface area (TPSA) is 59.2 Å². The molecule has 1 aromatic heterocycles. The number of nitrogens with two attached hydrogens (primary N) is 1. The van der Waals surface area contributed by atoms with Crippen LogP contribution in [0.5, 0.6) is 0 Å². The number of hydrogen-bond donors (Lipinski definition) is 1. The summed E-state index contributed by atoms with van der Waals surface area (Å²) in [6.07, 6.45) is 3.99. The molecule has 0 fully saturated rings. The van der Waals surface area contributed by atoms with Gasteiger partial charge in [-0.3, -0.25) is 9.78 Å². The Morgan fingerprint density at radius 2 is 2.22 bits per heavy atom. The van der Waals surface area contributed by atoms with Crippen LogP contribution in [0.1, 0.15) is 37.9 Å². The Labute approximate surface area is 108 Å². The highest BCUT2D eigenvalue weighted by Gasteiger charge is 2.35. The Hall–Kier alpha value is -1.42. The summed E-state index contributed by atoms with van der Waals surface area (Å²) in [5, 5.41) is 0. The summed E-state index contributed by atoms with van der Waals surface area (Å²) < 4.78 is 0. The molecule has 0 atom stereocenters. The van der Waals surface area contributed by atoms with Crippen LogP contribution in [-0.4, -0.2) is 27.9 Å². The predicted molar refractivity (Wildman–Crippen MR) is 70.9 cm³/mol. The van der Waals surface area contributed by atoms with E-state index in [1.54, 1.807) is 0 Å². The number of carbonyl (C=O) groups excluding carboxylic acids is 1. The van der Waals surface area contributed by atoms with E-state index in [0.29, 0.717) is 19.4 Å². The molecule has 2 heterocycles. The second-order valence-electron chi connectivity index (χ2n) is 4.95. The van der Waals surface area contributed by atoms with Gasteiger partial charge in [-0.1, -0.05) is 19.9 Å². The number of hydrogen-bond acceptors (Lipinski definition) is 3. The van der Waals surface area contributed by atoms with Gasteiger partial charge in [0.1, 0.15) is 0 Å². The van der Waals surface area contributed by atoms with Crippen molar-refractivity contribution < 1.29 is 4.79 Å². The first-order chi connectivity index (χ1) is 8.60. The molecule has 2 rings (SSSR count). The number of fused-ring (bicyclic) bond motifs is 1. The highest BCUT2D eigenvalue weighted by molar-refractivity contribution is 5.86. The number of carbonyl (C=O) groups is 1. The maximum atomic E-state index is 12.5. The molecule has 2 N–H and O–H groups in total. The van der Waals surface area contributed by atoms with Crippen molar-refractivity contribution in [2.75, 3.05) is 6.54 Å². The van der Waals surface area contributed by atoms with Crippen molar-refractivity contribution in [2.24, 2.45) is 5.73 Å². The van der Waals surface area contributed by atoms with E-state index in [2.05, 4.69) is 4.98 Å². The molecule has 1 aliphatic rings. The average molecular weight is 247 g/mol. The SMILES string of the molecule is CCC(N)(CC)C(=O)N1CCc2ncccc2C1. The first-order valence-electron chi connectivity index (χ1n) is 6.61. The molecule has 4 nitrogen and oxygen atoms in total. The van der Waals surface area contributed by atoms with Crippen LogP contribution in [0.4, 0.5) is 0 Å². The molecule has 98 valence electrons. The molecule has 0 spiro atoms. The van der Waals surface area contributed by atoms with Crippen LogP contribution in [0.2, 0.25) is 0 Å². The molecule has 4 heteroatoms. The summed E-state index contributed by atoms with van der Waals surface area (Å²) in [4.78, 5) is 18.7. The monoisotopic (exact) mass is 247 g/mol. The molecular formula is C14H21N3O. The van der Waals surface area contributed by atoms with Crippen molar-refractivity contribution in [2.45, 2.75) is 45.2 Å². The maximum absolute atomic E-state index is 12.5. The highest BCUT2D eigenvalue weighted by atomic mass is 16.2. The first kappa shape index (κ1) is 13.0. The normalized spacial score (nSPS) is 15.4. The Kier molecular flexibility index (Phi) is 3.66. The Morgan fingerprint density at radius 3 is 2.89 bits per heavy atom. The molecule has 0 radical (unpaired) electrons. The van der Waals surface area contributed by atoms with Gasteiger partial charge in [-0.15, -0.1) is 0 Å². The van der Waals surface area contributed by atoms with Crippen LogP contribution in [0.3, 0.4) is 0 Å². The molecule has 1 amide bonds. The highest BCUT2D eigenvalue weighted by Crippen LogP contribution is 2.21. The summed E-state index contributed by atoms with van der Waals surface area (Å²) in [5.74, 6) is 0.0713. The van der Waals surface area contributed by atoms with Crippen LogP contribution < -0.4 is 5.73 Å². The summed E-state index contributed by atoms with van der Waals surface area (Å²) in [7, 11) is 0. The van der Waals surface area contributed by atoms with Crippen molar-refractivity contribution in [1.82, 2.24) is 9.88 Å². The van der Waals surface area contributed by atoms with Crippen molar-refractivity contribution in [3.63, 3.8) is 0 Å². The van der Waals surface area contributed by atoms with E-state index in [4.69, 9.17) is 5.73 Å². The van der Waals surface area contributed by atoms with Gasteiger partial charge in [0.05, 0.1) is 5.54 Å². The zero-order chi connectivity index (χ0) is 13.2. The molecule has 0 aliphatic carbocycles. The third-order valence-electron chi connectivity index (χ3n) is 3.94. The lowest BCUT2D eigenvalue weighted by molar-refractivity contribution is -0.138.